The van der Waals surface area contributed by atoms with E-state index in [0.29, 0.717) is 22.8 Å². The van der Waals surface area contributed by atoms with E-state index in [0.717, 1.165) is 17.0 Å². The van der Waals surface area contributed by atoms with E-state index in [-0.39, 0.29) is 5.91 Å². The van der Waals surface area contributed by atoms with E-state index in [4.69, 9.17) is 11.6 Å². The molecule has 3 aromatic rings. The van der Waals surface area contributed by atoms with Gasteiger partial charge in [-0.3, -0.25) is 4.79 Å². The first-order valence-corrected chi connectivity index (χ1v) is 7.50. The van der Waals surface area contributed by atoms with Gasteiger partial charge in [0.15, 0.2) is 5.82 Å². The van der Waals surface area contributed by atoms with Gasteiger partial charge in [0.2, 0.25) is 0 Å². The van der Waals surface area contributed by atoms with Crippen LogP contribution in [0.3, 0.4) is 0 Å². The zero-order valence-electron chi connectivity index (χ0n) is 13.1. The predicted molar refractivity (Wildman–Crippen MR) is 88.3 cm³/mol. The summed E-state index contributed by atoms with van der Waals surface area (Å²) in [6, 6.07) is 9.02. The number of aromatic nitrogens is 4. The van der Waals surface area contributed by atoms with E-state index in [1.807, 2.05) is 30.7 Å². The van der Waals surface area contributed by atoms with Crippen molar-refractivity contribution in [1.29, 1.82) is 0 Å². The zero-order valence-corrected chi connectivity index (χ0v) is 13.9. The number of carbonyl (C=O) groups excluding carboxylic acids is 1. The lowest BCUT2D eigenvalue weighted by atomic mass is 10.2. The molecule has 0 saturated heterocycles. The molecule has 0 fully saturated rings. The van der Waals surface area contributed by atoms with Crippen LogP contribution in [0.1, 0.15) is 22.1 Å². The van der Waals surface area contributed by atoms with Gasteiger partial charge in [-0.15, -0.1) is 10.2 Å². The lowest BCUT2D eigenvalue weighted by Gasteiger charge is -2.16. The fraction of sp³-hybridized carbons (Fsp3) is 0.250. The second kappa shape index (κ2) is 5.96. The largest absolute Gasteiger partial charge is 0.333 e. The normalized spacial score (nSPS) is 11.0. The number of carbonyl (C=O) groups is 1. The van der Waals surface area contributed by atoms with E-state index in [1.165, 1.54) is 0 Å². The molecule has 0 aliphatic rings. The predicted octanol–water partition coefficient (Wildman–Crippen LogP) is 2.60. The smallest absolute Gasteiger partial charge is 0.272 e. The summed E-state index contributed by atoms with van der Waals surface area (Å²) in [5.74, 6) is 1.36. The molecule has 23 heavy (non-hydrogen) atoms. The van der Waals surface area contributed by atoms with Crippen LogP contribution < -0.4 is 0 Å². The van der Waals surface area contributed by atoms with Gasteiger partial charge >= 0.3 is 0 Å². The molecule has 7 heteroatoms. The fourth-order valence-corrected chi connectivity index (χ4v) is 2.44. The lowest BCUT2D eigenvalue weighted by Crippen LogP contribution is -2.28. The van der Waals surface area contributed by atoms with E-state index in [9.17, 15) is 4.79 Å². The molecule has 2 aromatic heterocycles. The van der Waals surface area contributed by atoms with E-state index >= 15 is 0 Å². The minimum atomic E-state index is -0.174. The van der Waals surface area contributed by atoms with Crippen LogP contribution in [0.5, 0.6) is 0 Å². The van der Waals surface area contributed by atoms with Gasteiger partial charge in [-0.05, 0) is 25.1 Å². The van der Waals surface area contributed by atoms with Crippen LogP contribution in [-0.4, -0.2) is 37.6 Å². The van der Waals surface area contributed by atoms with E-state index in [2.05, 4.69) is 15.2 Å². The first-order valence-electron chi connectivity index (χ1n) is 7.12. The maximum absolute atomic E-state index is 12.6. The van der Waals surface area contributed by atoms with Crippen molar-refractivity contribution in [2.24, 2.45) is 7.05 Å². The minimum absolute atomic E-state index is 0.174. The fourth-order valence-electron chi connectivity index (χ4n) is 2.28. The maximum atomic E-state index is 12.6. The van der Waals surface area contributed by atoms with Crippen LogP contribution in [0.2, 0.25) is 5.02 Å². The van der Waals surface area contributed by atoms with Gasteiger partial charge in [-0.25, -0.2) is 4.98 Å². The second-order valence-electron chi connectivity index (χ2n) is 5.42. The standard InChI is InChI=1S/C16H16ClN5O/c1-10-19-20-15(22(10)3)9-21(2)16(23)13-7-5-11-4-6-12(17)8-14(11)18-13/h4-8H,9H2,1-3H3. The molecule has 0 unspecified atom stereocenters. The van der Waals surface area contributed by atoms with Gasteiger partial charge in [0.25, 0.3) is 5.91 Å². The number of fused-ring (bicyclic) bond motifs is 1. The molecule has 0 N–H and O–H groups in total. The molecule has 3 rings (SSSR count). The summed E-state index contributed by atoms with van der Waals surface area (Å²) in [4.78, 5) is 18.5. The topological polar surface area (TPSA) is 63.9 Å². The number of amides is 1. The van der Waals surface area contributed by atoms with Gasteiger partial charge in [-0.1, -0.05) is 23.7 Å². The van der Waals surface area contributed by atoms with Gasteiger partial charge in [0.05, 0.1) is 12.1 Å². The summed E-state index contributed by atoms with van der Waals surface area (Å²) in [6.07, 6.45) is 0. The van der Waals surface area contributed by atoms with Crippen molar-refractivity contribution in [2.75, 3.05) is 7.05 Å². The van der Waals surface area contributed by atoms with Gasteiger partial charge in [0, 0.05) is 24.5 Å². The van der Waals surface area contributed by atoms with Crippen LogP contribution in [0.4, 0.5) is 0 Å². The van der Waals surface area contributed by atoms with Crippen molar-refractivity contribution in [1.82, 2.24) is 24.6 Å². The summed E-state index contributed by atoms with van der Waals surface area (Å²) < 4.78 is 1.86. The molecule has 6 nitrogen and oxygen atoms in total. The number of hydrogen-bond donors (Lipinski definition) is 0. The molecule has 0 aliphatic heterocycles. The quantitative estimate of drug-likeness (QED) is 0.741. The number of rotatable bonds is 3. The molecule has 1 amide bonds. The van der Waals surface area contributed by atoms with Crippen molar-refractivity contribution in [3.8, 4) is 0 Å². The first-order chi connectivity index (χ1) is 11.0. The summed E-state index contributed by atoms with van der Waals surface area (Å²) in [6.45, 7) is 2.23. The molecule has 0 spiro atoms. The van der Waals surface area contributed by atoms with Gasteiger partial charge in [0.1, 0.15) is 11.5 Å². The van der Waals surface area contributed by atoms with Crippen molar-refractivity contribution >= 4 is 28.4 Å². The molecule has 0 radical (unpaired) electrons. The lowest BCUT2D eigenvalue weighted by molar-refractivity contribution is 0.0775. The van der Waals surface area contributed by atoms with E-state index < -0.39 is 0 Å². The third-order valence-electron chi connectivity index (χ3n) is 3.78. The average molecular weight is 330 g/mol. The molecule has 1 aromatic carbocycles. The Morgan fingerprint density at radius 2 is 2.00 bits per heavy atom. The van der Waals surface area contributed by atoms with Gasteiger partial charge in [-0.2, -0.15) is 0 Å². The van der Waals surface area contributed by atoms with Crippen LogP contribution >= 0.6 is 11.6 Å². The van der Waals surface area contributed by atoms with Crippen LogP contribution in [0.25, 0.3) is 10.9 Å². The highest BCUT2D eigenvalue weighted by Crippen LogP contribution is 2.18. The van der Waals surface area contributed by atoms with Gasteiger partial charge < -0.3 is 9.47 Å². The van der Waals surface area contributed by atoms with Crippen molar-refractivity contribution in [2.45, 2.75) is 13.5 Å². The molecule has 118 valence electrons. The Morgan fingerprint density at radius 1 is 1.26 bits per heavy atom. The molecule has 2 heterocycles. The van der Waals surface area contributed by atoms with Crippen molar-refractivity contribution in [3.05, 3.63) is 52.7 Å². The monoisotopic (exact) mass is 329 g/mol. The van der Waals surface area contributed by atoms with Crippen molar-refractivity contribution in [3.63, 3.8) is 0 Å². The first kappa shape index (κ1) is 15.4. The molecule has 0 atom stereocenters. The third-order valence-corrected chi connectivity index (χ3v) is 4.02. The van der Waals surface area contributed by atoms with Crippen LogP contribution in [0, 0.1) is 6.92 Å². The maximum Gasteiger partial charge on any atom is 0.272 e. The summed E-state index contributed by atoms with van der Waals surface area (Å²) in [5.41, 5.74) is 1.08. The second-order valence-corrected chi connectivity index (χ2v) is 5.85. The third kappa shape index (κ3) is 3.03. The molecule has 0 saturated carbocycles. The number of halogens is 1. The Balaban J connectivity index is 1.85. The minimum Gasteiger partial charge on any atom is -0.333 e. The Kier molecular flexibility index (Phi) is 4.00. The highest BCUT2D eigenvalue weighted by Gasteiger charge is 2.16. The average Bonchev–Trinajstić information content (AvgIpc) is 2.85. The number of aryl methyl sites for hydroxylation is 1. The number of benzene rings is 1. The molecule has 0 bridgehead atoms. The van der Waals surface area contributed by atoms with Crippen LogP contribution in [0.15, 0.2) is 30.3 Å². The molecule has 0 aliphatic carbocycles. The zero-order chi connectivity index (χ0) is 16.6. The molecular formula is C16H16ClN5O. The summed E-state index contributed by atoms with van der Waals surface area (Å²) in [5, 5.41) is 9.61. The highest BCUT2D eigenvalue weighted by atomic mass is 35.5. The number of pyridine rings is 1. The summed E-state index contributed by atoms with van der Waals surface area (Å²) >= 11 is 5.99. The Hall–Kier alpha value is -2.47. The summed E-state index contributed by atoms with van der Waals surface area (Å²) in [7, 11) is 3.59. The molecular weight excluding hydrogens is 314 g/mol. The van der Waals surface area contributed by atoms with E-state index in [1.54, 1.807) is 30.1 Å². The number of hydrogen-bond acceptors (Lipinski definition) is 4. The Morgan fingerprint density at radius 3 is 2.70 bits per heavy atom. The van der Waals surface area contributed by atoms with Crippen LogP contribution in [-0.2, 0) is 13.6 Å². The highest BCUT2D eigenvalue weighted by molar-refractivity contribution is 6.31. The Bertz CT molecular complexity index is 889. The Labute approximate surface area is 138 Å². The van der Waals surface area contributed by atoms with Crippen molar-refractivity contribution < 1.29 is 4.79 Å². The SMILES string of the molecule is Cc1nnc(CN(C)C(=O)c2ccc3ccc(Cl)cc3n2)n1C. The number of nitrogens with zero attached hydrogens (tertiary/aromatic N) is 5.